The molecule has 1 saturated heterocycles. The molecule has 0 spiro atoms. The van der Waals surface area contributed by atoms with E-state index in [1.807, 2.05) is 12.1 Å². The van der Waals surface area contributed by atoms with Gasteiger partial charge in [-0.1, -0.05) is 6.42 Å². The first kappa shape index (κ1) is 17.4. The molecule has 24 heavy (non-hydrogen) atoms. The number of carbonyl (C=O) groups excluding carboxylic acids is 1. The predicted octanol–water partition coefficient (Wildman–Crippen LogP) is 2.85. The largest absolute Gasteiger partial charge is 0.454 e. The fourth-order valence-corrected chi connectivity index (χ4v) is 3.77. The number of urea groups is 1. The molecule has 2 N–H and O–H groups in total. The summed E-state index contributed by atoms with van der Waals surface area (Å²) in [5, 5.41) is 5.81. The summed E-state index contributed by atoms with van der Waals surface area (Å²) in [7, 11) is 0. The highest BCUT2D eigenvalue weighted by Gasteiger charge is 2.19. The topological polar surface area (TPSA) is 62.8 Å². The van der Waals surface area contributed by atoms with Crippen LogP contribution in [-0.2, 0) is 6.54 Å². The fraction of sp³-hybridized carbons (Fsp3) is 0.588. The molecule has 1 aromatic rings. The lowest BCUT2D eigenvalue weighted by Crippen LogP contribution is -2.44. The Kier molecular flexibility index (Phi) is 5.84. The Bertz CT molecular complexity index is 597. The molecule has 0 aromatic heterocycles. The molecule has 1 atom stereocenters. The molecule has 1 unspecified atom stereocenters. The molecule has 2 heterocycles. The van der Waals surface area contributed by atoms with Crippen molar-refractivity contribution in [2.45, 2.75) is 38.8 Å². The lowest BCUT2D eigenvalue weighted by atomic mass is 10.0. The van der Waals surface area contributed by atoms with Crippen molar-refractivity contribution in [2.75, 3.05) is 26.4 Å². The first-order valence-corrected chi connectivity index (χ1v) is 9.26. The predicted molar refractivity (Wildman–Crippen MR) is 95.4 cm³/mol. The fourth-order valence-electron chi connectivity index (χ4n) is 3.17. The maximum Gasteiger partial charge on any atom is 0.315 e. The van der Waals surface area contributed by atoms with Gasteiger partial charge in [0.05, 0.1) is 4.47 Å². The second kappa shape index (κ2) is 8.07. The molecule has 0 radical (unpaired) electrons. The van der Waals surface area contributed by atoms with Crippen LogP contribution < -0.4 is 20.1 Å². The van der Waals surface area contributed by atoms with Gasteiger partial charge < -0.3 is 20.1 Å². The van der Waals surface area contributed by atoms with Gasteiger partial charge in [0.25, 0.3) is 0 Å². The Balaban J connectivity index is 1.40. The van der Waals surface area contributed by atoms with Gasteiger partial charge in [-0.3, -0.25) is 4.90 Å². The standard InChI is InChI=1S/C17H24BrN3O3/c1-12-4-2-3-6-21(12)7-5-19-17(22)20-10-13-8-14(18)16-15(9-13)23-11-24-16/h8-9,12H,2-7,10-11H2,1H3,(H2,19,20,22). The number of nitrogens with zero attached hydrogens (tertiary/aromatic N) is 1. The van der Waals surface area contributed by atoms with Crippen LogP contribution in [-0.4, -0.2) is 43.4 Å². The number of nitrogens with one attached hydrogen (secondary N) is 2. The summed E-state index contributed by atoms with van der Waals surface area (Å²) in [4.78, 5) is 14.4. The van der Waals surface area contributed by atoms with Crippen molar-refractivity contribution in [2.24, 2.45) is 0 Å². The smallest absolute Gasteiger partial charge is 0.315 e. The normalized spacial score (nSPS) is 20.0. The number of benzene rings is 1. The first-order valence-electron chi connectivity index (χ1n) is 8.47. The van der Waals surface area contributed by atoms with Gasteiger partial charge in [-0.25, -0.2) is 4.79 Å². The van der Waals surface area contributed by atoms with Crippen LogP contribution in [0.3, 0.4) is 0 Å². The van der Waals surface area contributed by atoms with E-state index >= 15 is 0 Å². The number of rotatable bonds is 5. The number of piperidine rings is 1. The summed E-state index contributed by atoms with van der Waals surface area (Å²) in [6.07, 6.45) is 3.83. The number of likely N-dealkylation sites (tertiary alicyclic amines) is 1. The summed E-state index contributed by atoms with van der Waals surface area (Å²) >= 11 is 3.46. The van der Waals surface area contributed by atoms with E-state index in [2.05, 4.69) is 38.4 Å². The van der Waals surface area contributed by atoms with Crippen LogP contribution in [0.15, 0.2) is 16.6 Å². The molecule has 7 heteroatoms. The van der Waals surface area contributed by atoms with Gasteiger partial charge in [0.2, 0.25) is 6.79 Å². The molecule has 6 nitrogen and oxygen atoms in total. The zero-order chi connectivity index (χ0) is 16.9. The van der Waals surface area contributed by atoms with Crippen molar-refractivity contribution in [1.29, 1.82) is 0 Å². The van der Waals surface area contributed by atoms with Crippen molar-refractivity contribution in [3.63, 3.8) is 0 Å². The molecule has 0 aliphatic carbocycles. The zero-order valence-electron chi connectivity index (χ0n) is 13.9. The van der Waals surface area contributed by atoms with E-state index in [-0.39, 0.29) is 12.8 Å². The van der Waals surface area contributed by atoms with Crippen LogP contribution in [0.2, 0.25) is 0 Å². The van der Waals surface area contributed by atoms with E-state index in [1.165, 1.54) is 19.3 Å². The first-order chi connectivity index (χ1) is 11.6. The third-order valence-electron chi connectivity index (χ3n) is 4.57. The van der Waals surface area contributed by atoms with Gasteiger partial charge in [0.1, 0.15) is 0 Å². The van der Waals surface area contributed by atoms with Gasteiger partial charge in [-0.2, -0.15) is 0 Å². The zero-order valence-corrected chi connectivity index (χ0v) is 15.5. The molecule has 0 saturated carbocycles. The minimum Gasteiger partial charge on any atom is -0.454 e. The second-order valence-electron chi connectivity index (χ2n) is 6.30. The van der Waals surface area contributed by atoms with E-state index in [4.69, 9.17) is 9.47 Å². The molecule has 3 rings (SSSR count). The molecule has 132 valence electrons. The highest BCUT2D eigenvalue weighted by Crippen LogP contribution is 2.39. The summed E-state index contributed by atoms with van der Waals surface area (Å²) in [6, 6.07) is 4.30. The van der Waals surface area contributed by atoms with E-state index in [0.29, 0.717) is 24.9 Å². The van der Waals surface area contributed by atoms with Crippen LogP contribution in [0, 0.1) is 0 Å². The minimum absolute atomic E-state index is 0.145. The average Bonchev–Trinajstić information content (AvgIpc) is 3.04. The molecule has 2 aliphatic rings. The lowest BCUT2D eigenvalue weighted by molar-refractivity contribution is 0.161. The number of fused-ring (bicyclic) bond motifs is 1. The highest BCUT2D eigenvalue weighted by molar-refractivity contribution is 9.10. The Morgan fingerprint density at radius 3 is 3.04 bits per heavy atom. The SMILES string of the molecule is CC1CCCCN1CCNC(=O)NCc1cc(Br)c2c(c1)OCO2. The lowest BCUT2D eigenvalue weighted by Gasteiger charge is -2.33. The van der Waals surface area contributed by atoms with Crippen molar-refractivity contribution in [1.82, 2.24) is 15.5 Å². The summed E-state index contributed by atoms with van der Waals surface area (Å²) in [5.74, 6) is 1.43. The second-order valence-corrected chi connectivity index (χ2v) is 7.16. The third kappa shape index (κ3) is 4.33. The average molecular weight is 398 g/mol. The van der Waals surface area contributed by atoms with Crippen LogP contribution >= 0.6 is 15.9 Å². The number of hydrogen-bond acceptors (Lipinski definition) is 4. The quantitative estimate of drug-likeness (QED) is 0.801. The van der Waals surface area contributed by atoms with Gasteiger partial charge in [0.15, 0.2) is 11.5 Å². The molecule has 2 aliphatic heterocycles. The Morgan fingerprint density at radius 2 is 2.21 bits per heavy atom. The van der Waals surface area contributed by atoms with Crippen molar-refractivity contribution >= 4 is 22.0 Å². The van der Waals surface area contributed by atoms with Crippen LogP contribution in [0.1, 0.15) is 31.7 Å². The monoisotopic (exact) mass is 397 g/mol. The van der Waals surface area contributed by atoms with E-state index < -0.39 is 0 Å². The molecule has 0 bridgehead atoms. The van der Waals surface area contributed by atoms with Crippen LogP contribution in [0.4, 0.5) is 4.79 Å². The number of hydrogen-bond donors (Lipinski definition) is 2. The number of ether oxygens (including phenoxy) is 2. The van der Waals surface area contributed by atoms with Gasteiger partial charge in [-0.05, 0) is 59.9 Å². The molecule has 1 aromatic carbocycles. The highest BCUT2D eigenvalue weighted by atomic mass is 79.9. The number of halogens is 1. The Morgan fingerprint density at radius 1 is 1.33 bits per heavy atom. The number of carbonyl (C=O) groups is 1. The maximum absolute atomic E-state index is 11.9. The summed E-state index contributed by atoms with van der Waals surface area (Å²) < 4.78 is 11.6. The van der Waals surface area contributed by atoms with Gasteiger partial charge in [0, 0.05) is 25.7 Å². The molecule has 2 amide bonds. The van der Waals surface area contributed by atoms with E-state index in [0.717, 1.165) is 28.9 Å². The summed E-state index contributed by atoms with van der Waals surface area (Å²) in [6.45, 7) is 5.65. The maximum atomic E-state index is 11.9. The number of amides is 2. The van der Waals surface area contributed by atoms with Crippen molar-refractivity contribution in [3.05, 3.63) is 22.2 Å². The minimum atomic E-state index is -0.145. The Hall–Kier alpha value is -1.47. The Labute approximate surface area is 151 Å². The molecular formula is C17H24BrN3O3. The van der Waals surface area contributed by atoms with Crippen LogP contribution in [0.25, 0.3) is 0 Å². The molecule has 1 fully saturated rings. The third-order valence-corrected chi connectivity index (χ3v) is 5.15. The van der Waals surface area contributed by atoms with Gasteiger partial charge in [-0.15, -0.1) is 0 Å². The summed E-state index contributed by atoms with van der Waals surface area (Å²) in [5.41, 5.74) is 0.964. The van der Waals surface area contributed by atoms with Crippen molar-refractivity contribution in [3.8, 4) is 11.5 Å². The van der Waals surface area contributed by atoms with E-state index in [1.54, 1.807) is 0 Å². The van der Waals surface area contributed by atoms with Crippen LogP contribution in [0.5, 0.6) is 11.5 Å². The van der Waals surface area contributed by atoms with E-state index in [9.17, 15) is 4.79 Å². The van der Waals surface area contributed by atoms with Crippen molar-refractivity contribution < 1.29 is 14.3 Å². The van der Waals surface area contributed by atoms with Gasteiger partial charge >= 0.3 is 6.03 Å². The molecular weight excluding hydrogens is 374 g/mol.